The van der Waals surface area contributed by atoms with Crippen LogP contribution in [0.25, 0.3) is 11.5 Å². The zero-order chi connectivity index (χ0) is 15.8. The normalized spacial score (nSPS) is 11.7. The number of benzene rings is 1. The Balaban J connectivity index is 2.63. The number of aryl methyl sites for hydroxylation is 2. The molecule has 2 aromatic rings. The maximum atomic E-state index is 11.5. The molecule has 0 radical (unpaired) electrons. The maximum Gasteiger partial charge on any atom is 0.336 e. The first-order valence-corrected chi connectivity index (χ1v) is 6.95. The Morgan fingerprint density at radius 2 is 1.86 bits per heavy atom. The highest BCUT2D eigenvalue weighted by Gasteiger charge is 2.27. The van der Waals surface area contributed by atoms with Crippen molar-refractivity contribution >= 4 is 5.97 Å². The third kappa shape index (κ3) is 2.68. The Labute approximate surface area is 124 Å². The van der Waals surface area contributed by atoms with Gasteiger partial charge in [0.25, 0.3) is 0 Å². The van der Waals surface area contributed by atoms with E-state index in [9.17, 15) is 9.90 Å². The highest BCUT2D eigenvalue weighted by atomic mass is 16.4. The number of nitrogens with zero attached hydrogens (tertiary/aromatic N) is 2. The van der Waals surface area contributed by atoms with Gasteiger partial charge in [0.1, 0.15) is 0 Å². The third-order valence-corrected chi connectivity index (χ3v) is 3.94. The van der Waals surface area contributed by atoms with Gasteiger partial charge >= 0.3 is 5.97 Å². The average Bonchev–Trinajstić information content (AvgIpc) is 2.90. The first-order chi connectivity index (χ1) is 9.77. The number of aromatic carboxylic acids is 1. The van der Waals surface area contributed by atoms with Crippen LogP contribution in [-0.4, -0.2) is 21.3 Å². The SMILES string of the molecule is CCC(C)(C)c1nnc(-c2c(C)ccc(C)c2C(=O)O)o1. The predicted molar refractivity (Wildman–Crippen MR) is 79.5 cm³/mol. The molecule has 0 spiro atoms. The van der Waals surface area contributed by atoms with E-state index >= 15 is 0 Å². The minimum atomic E-state index is -0.985. The number of hydrogen-bond donors (Lipinski definition) is 1. The van der Waals surface area contributed by atoms with Gasteiger partial charge in [-0.15, -0.1) is 10.2 Å². The molecule has 0 fully saturated rings. The Hall–Kier alpha value is -2.17. The number of carboxylic acid groups (broad SMARTS) is 1. The summed E-state index contributed by atoms with van der Waals surface area (Å²) in [5, 5.41) is 17.6. The summed E-state index contributed by atoms with van der Waals surface area (Å²) >= 11 is 0. The minimum Gasteiger partial charge on any atom is -0.478 e. The molecule has 1 aromatic carbocycles. The minimum absolute atomic E-state index is 0.222. The molecule has 0 saturated heterocycles. The summed E-state index contributed by atoms with van der Waals surface area (Å²) in [6.07, 6.45) is 0.854. The molecule has 0 bridgehead atoms. The van der Waals surface area contributed by atoms with Gasteiger partial charge in [0.2, 0.25) is 11.8 Å². The maximum absolute atomic E-state index is 11.5. The van der Waals surface area contributed by atoms with Gasteiger partial charge in [-0.1, -0.05) is 32.9 Å². The lowest BCUT2D eigenvalue weighted by Crippen LogP contribution is -2.15. The van der Waals surface area contributed by atoms with Gasteiger partial charge in [0.05, 0.1) is 11.1 Å². The first kappa shape index (κ1) is 15.2. The lowest BCUT2D eigenvalue weighted by Gasteiger charge is -2.16. The number of hydrogen-bond acceptors (Lipinski definition) is 4. The molecule has 0 amide bonds. The summed E-state index contributed by atoms with van der Waals surface area (Å²) in [6, 6.07) is 3.65. The van der Waals surface area contributed by atoms with Crippen molar-refractivity contribution in [3.8, 4) is 11.5 Å². The van der Waals surface area contributed by atoms with E-state index in [0.717, 1.165) is 12.0 Å². The second-order valence-electron chi connectivity index (χ2n) is 5.90. The largest absolute Gasteiger partial charge is 0.478 e. The number of rotatable bonds is 4. The van der Waals surface area contributed by atoms with Crippen molar-refractivity contribution in [1.82, 2.24) is 10.2 Å². The predicted octanol–water partition coefficient (Wildman–Crippen LogP) is 3.74. The van der Waals surface area contributed by atoms with Crippen LogP contribution in [-0.2, 0) is 5.41 Å². The third-order valence-electron chi connectivity index (χ3n) is 3.94. The summed E-state index contributed by atoms with van der Waals surface area (Å²) in [6.45, 7) is 9.69. The fourth-order valence-corrected chi connectivity index (χ4v) is 2.11. The molecule has 0 atom stereocenters. The van der Waals surface area contributed by atoms with E-state index in [4.69, 9.17) is 4.42 Å². The Morgan fingerprint density at radius 1 is 1.24 bits per heavy atom. The average molecular weight is 288 g/mol. The molecule has 2 rings (SSSR count). The van der Waals surface area contributed by atoms with Crippen molar-refractivity contribution in [2.24, 2.45) is 0 Å². The van der Waals surface area contributed by atoms with Crippen LogP contribution in [0.3, 0.4) is 0 Å². The van der Waals surface area contributed by atoms with E-state index in [1.807, 2.05) is 33.8 Å². The van der Waals surface area contributed by atoms with Crippen molar-refractivity contribution in [2.75, 3.05) is 0 Å². The summed E-state index contributed by atoms with van der Waals surface area (Å²) in [5.74, 6) is -0.192. The Bertz CT molecular complexity index is 687. The molecule has 5 heteroatoms. The van der Waals surface area contributed by atoms with Gasteiger partial charge in [-0.05, 0) is 31.4 Å². The van der Waals surface area contributed by atoms with Gasteiger partial charge in [-0.2, -0.15) is 0 Å². The molecular weight excluding hydrogens is 268 g/mol. The van der Waals surface area contributed by atoms with Crippen molar-refractivity contribution in [3.05, 3.63) is 34.7 Å². The molecule has 1 N–H and O–H groups in total. The van der Waals surface area contributed by atoms with Gasteiger partial charge in [-0.3, -0.25) is 0 Å². The lowest BCUT2D eigenvalue weighted by atomic mass is 9.90. The van der Waals surface area contributed by atoms with Crippen molar-refractivity contribution in [1.29, 1.82) is 0 Å². The molecule has 1 aromatic heterocycles. The highest BCUT2D eigenvalue weighted by Crippen LogP contribution is 2.32. The van der Waals surface area contributed by atoms with E-state index in [1.54, 1.807) is 13.0 Å². The van der Waals surface area contributed by atoms with Crippen LogP contribution in [0.2, 0.25) is 0 Å². The second kappa shape index (κ2) is 5.31. The summed E-state index contributed by atoms with van der Waals surface area (Å²) < 4.78 is 5.77. The highest BCUT2D eigenvalue weighted by molar-refractivity contribution is 5.97. The monoisotopic (exact) mass is 288 g/mol. The number of aromatic nitrogens is 2. The smallest absolute Gasteiger partial charge is 0.336 e. The standard InChI is InChI=1S/C16H20N2O3/c1-6-16(4,5)15-18-17-13(21-15)11-9(2)7-8-10(3)12(11)14(19)20/h7-8H,6H2,1-5H3,(H,19,20). The number of carbonyl (C=O) groups is 1. The molecule has 112 valence electrons. The van der Waals surface area contributed by atoms with E-state index in [-0.39, 0.29) is 16.9 Å². The van der Waals surface area contributed by atoms with Gasteiger partial charge in [0.15, 0.2) is 0 Å². The van der Waals surface area contributed by atoms with Crippen LogP contribution in [0.5, 0.6) is 0 Å². The molecule has 1 heterocycles. The molecule has 0 aliphatic heterocycles. The second-order valence-corrected chi connectivity index (χ2v) is 5.90. The molecular formula is C16H20N2O3. The zero-order valence-corrected chi connectivity index (χ0v) is 13.0. The van der Waals surface area contributed by atoms with Crippen LogP contribution in [0.1, 0.15) is 54.6 Å². The van der Waals surface area contributed by atoms with Crippen LogP contribution >= 0.6 is 0 Å². The first-order valence-electron chi connectivity index (χ1n) is 6.95. The van der Waals surface area contributed by atoms with E-state index in [2.05, 4.69) is 10.2 Å². The molecule has 21 heavy (non-hydrogen) atoms. The fourth-order valence-electron chi connectivity index (χ4n) is 2.11. The van der Waals surface area contributed by atoms with E-state index in [0.29, 0.717) is 17.0 Å². The lowest BCUT2D eigenvalue weighted by molar-refractivity contribution is 0.0696. The topological polar surface area (TPSA) is 76.2 Å². The number of carboxylic acids is 1. The quantitative estimate of drug-likeness (QED) is 0.927. The van der Waals surface area contributed by atoms with Crippen LogP contribution in [0.4, 0.5) is 0 Å². The van der Waals surface area contributed by atoms with Gasteiger partial charge in [0, 0.05) is 5.41 Å². The molecule has 0 unspecified atom stereocenters. The Morgan fingerprint density at radius 3 is 2.43 bits per heavy atom. The molecule has 0 saturated carbocycles. The zero-order valence-electron chi connectivity index (χ0n) is 13.0. The van der Waals surface area contributed by atoms with Crippen molar-refractivity contribution < 1.29 is 14.3 Å². The van der Waals surface area contributed by atoms with Gasteiger partial charge < -0.3 is 9.52 Å². The van der Waals surface area contributed by atoms with E-state index < -0.39 is 5.97 Å². The summed E-state index contributed by atoms with van der Waals surface area (Å²) in [4.78, 5) is 11.5. The molecule has 5 nitrogen and oxygen atoms in total. The fraction of sp³-hybridized carbons (Fsp3) is 0.438. The summed E-state index contributed by atoms with van der Waals surface area (Å²) in [5.41, 5.74) is 1.99. The van der Waals surface area contributed by atoms with Crippen LogP contribution < -0.4 is 0 Å². The van der Waals surface area contributed by atoms with Crippen LogP contribution in [0.15, 0.2) is 16.5 Å². The van der Waals surface area contributed by atoms with Gasteiger partial charge in [-0.25, -0.2) is 4.79 Å². The van der Waals surface area contributed by atoms with E-state index in [1.165, 1.54) is 0 Å². The summed E-state index contributed by atoms with van der Waals surface area (Å²) in [7, 11) is 0. The molecule has 0 aliphatic carbocycles. The van der Waals surface area contributed by atoms with Crippen molar-refractivity contribution in [2.45, 2.75) is 46.5 Å². The molecule has 0 aliphatic rings. The van der Waals surface area contributed by atoms with Crippen molar-refractivity contribution in [3.63, 3.8) is 0 Å². The Kier molecular flexibility index (Phi) is 3.85. The van der Waals surface area contributed by atoms with Crippen LogP contribution in [0, 0.1) is 13.8 Å².